The van der Waals surface area contributed by atoms with E-state index >= 15 is 0 Å². The molecule has 0 aliphatic carbocycles. The Labute approximate surface area is 123 Å². The fraction of sp³-hybridized carbons (Fsp3) is 0.267. The first-order chi connectivity index (χ1) is 10.1. The number of aryl methyl sites for hydroxylation is 1. The zero-order chi connectivity index (χ0) is 15.2. The number of anilines is 2. The van der Waals surface area contributed by atoms with E-state index in [0.717, 1.165) is 17.9 Å². The SMILES string of the molecule is CCNc1ccc(C(=O)Nc2nc(C)cc(OC)n2)cc1. The van der Waals surface area contributed by atoms with E-state index in [1.807, 2.05) is 26.0 Å². The van der Waals surface area contributed by atoms with Crippen LogP contribution >= 0.6 is 0 Å². The van der Waals surface area contributed by atoms with Crippen molar-refractivity contribution in [2.24, 2.45) is 0 Å². The van der Waals surface area contributed by atoms with Crippen LogP contribution in [0.2, 0.25) is 0 Å². The second-order valence-corrected chi connectivity index (χ2v) is 4.44. The molecule has 0 fully saturated rings. The summed E-state index contributed by atoms with van der Waals surface area (Å²) < 4.78 is 5.05. The molecule has 110 valence electrons. The van der Waals surface area contributed by atoms with Gasteiger partial charge in [0.2, 0.25) is 11.8 Å². The minimum absolute atomic E-state index is 0.229. The molecule has 6 nitrogen and oxygen atoms in total. The monoisotopic (exact) mass is 286 g/mol. The Morgan fingerprint density at radius 1 is 1.24 bits per heavy atom. The molecule has 0 saturated carbocycles. The molecule has 0 bridgehead atoms. The van der Waals surface area contributed by atoms with E-state index in [1.165, 1.54) is 7.11 Å². The predicted octanol–water partition coefficient (Wildman–Crippen LogP) is 2.48. The molecule has 6 heteroatoms. The standard InChI is InChI=1S/C15H18N4O2/c1-4-16-12-7-5-11(6-8-12)14(20)19-15-17-10(2)9-13(18-15)21-3/h5-9,16H,4H2,1-3H3,(H,17,18,19,20). The topological polar surface area (TPSA) is 76.1 Å². The van der Waals surface area contributed by atoms with Crippen LogP contribution in [0, 0.1) is 6.92 Å². The summed E-state index contributed by atoms with van der Waals surface area (Å²) in [6, 6.07) is 8.91. The van der Waals surface area contributed by atoms with Crippen LogP contribution in [0.15, 0.2) is 30.3 Å². The van der Waals surface area contributed by atoms with E-state index in [2.05, 4.69) is 20.6 Å². The van der Waals surface area contributed by atoms with Gasteiger partial charge in [0.15, 0.2) is 0 Å². The highest BCUT2D eigenvalue weighted by Gasteiger charge is 2.09. The number of nitrogens with one attached hydrogen (secondary N) is 2. The molecule has 0 aliphatic rings. The molecular weight excluding hydrogens is 268 g/mol. The van der Waals surface area contributed by atoms with Crippen molar-refractivity contribution in [2.75, 3.05) is 24.3 Å². The van der Waals surface area contributed by atoms with Crippen LogP contribution in [0.3, 0.4) is 0 Å². The summed E-state index contributed by atoms with van der Waals surface area (Å²) in [6.45, 7) is 4.66. The number of carbonyl (C=O) groups excluding carboxylic acids is 1. The Bertz CT molecular complexity index is 626. The maximum absolute atomic E-state index is 12.1. The third kappa shape index (κ3) is 3.92. The summed E-state index contributed by atoms with van der Waals surface area (Å²) in [5.41, 5.74) is 2.24. The minimum atomic E-state index is -0.259. The van der Waals surface area contributed by atoms with Crippen molar-refractivity contribution in [2.45, 2.75) is 13.8 Å². The van der Waals surface area contributed by atoms with Gasteiger partial charge in [0.25, 0.3) is 5.91 Å². The molecule has 0 radical (unpaired) electrons. The number of rotatable bonds is 5. The molecule has 2 N–H and O–H groups in total. The summed E-state index contributed by atoms with van der Waals surface area (Å²) in [5, 5.41) is 5.84. The Balaban J connectivity index is 2.12. The quantitative estimate of drug-likeness (QED) is 0.883. The Kier molecular flexibility index (Phi) is 4.71. The van der Waals surface area contributed by atoms with Crippen molar-refractivity contribution in [3.8, 4) is 5.88 Å². The lowest BCUT2D eigenvalue weighted by Crippen LogP contribution is -2.14. The first-order valence-corrected chi connectivity index (χ1v) is 6.67. The lowest BCUT2D eigenvalue weighted by atomic mass is 10.2. The normalized spacial score (nSPS) is 10.0. The van der Waals surface area contributed by atoms with Crippen LogP contribution in [0.5, 0.6) is 5.88 Å². The predicted molar refractivity (Wildman–Crippen MR) is 81.9 cm³/mol. The fourth-order valence-electron chi connectivity index (χ4n) is 1.82. The van der Waals surface area contributed by atoms with Crippen molar-refractivity contribution in [3.05, 3.63) is 41.6 Å². The second kappa shape index (κ2) is 6.69. The molecule has 0 spiro atoms. The van der Waals surface area contributed by atoms with E-state index < -0.39 is 0 Å². The zero-order valence-corrected chi connectivity index (χ0v) is 12.3. The molecule has 0 unspecified atom stereocenters. The number of nitrogens with zero attached hydrogens (tertiary/aromatic N) is 2. The maximum atomic E-state index is 12.1. The van der Waals surface area contributed by atoms with Gasteiger partial charge in [-0.1, -0.05) is 0 Å². The number of methoxy groups -OCH3 is 1. The van der Waals surface area contributed by atoms with Gasteiger partial charge >= 0.3 is 0 Å². The van der Waals surface area contributed by atoms with E-state index in [1.54, 1.807) is 18.2 Å². The summed E-state index contributed by atoms with van der Waals surface area (Å²) in [5.74, 6) is 0.388. The number of benzene rings is 1. The van der Waals surface area contributed by atoms with E-state index in [9.17, 15) is 4.79 Å². The van der Waals surface area contributed by atoms with Gasteiger partial charge in [0.1, 0.15) is 0 Å². The maximum Gasteiger partial charge on any atom is 0.258 e. The van der Waals surface area contributed by atoms with E-state index in [4.69, 9.17) is 4.74 Å². The second-order valence-electron chi connectivity index (χ2n) is 4.44. The Morgan fingerprint density at radius 3 is 2.57 bits per heavy atom. The summed E-state index contributed by atoms with van der Waals surface area (Å²) in [4.78, 5) is 20.4. The summed E-state index contributed by atoms with van der Waals surface area (Å²) >= 11 is 0. The van der Waals surface area contributed by atoms with Crippen molar-refractivity contribution in [3.63, 3.8) is 0 Å². The molecule has 0 aliphatic heterocycles. The van der Waals surface area contributed by atoms with Crippen molar-refractivity contribution in [1.82, 2.24) is 9.97 Å². The van der Waals surface area contributed by atoms with Gasteiger partial charge in [-0.2, -0.15) is 4.98 Å². The first-order valence-electron chi connectivity index (χ1n) is 6.67. The highest BCUT2D eigenvalue weighted by molar-refractivity contribution is 6.03. The van der Waals surface area contributed by atoms with Gasteiger partial charge in [-0.05, 0) is 38.1 Å². The van der Waals surface area contributed by atoms with Crippen LogP contribution in [0.1, 0.15) is 23.0 Å². The Morgan fingerprint density at radius 2 is 1.95 bits per heavy atom. The molecule has 0 atom stereocenters. The van der Waals surface area contributed by atoms with Crippen molar-refractivity contribution >= 4 is 17.5 Å². The number of carbonyl (C=O) groups is 1. The Hall–Kier alpha value is -2.63. The molecule has 1 aromatic carbocycles. The van der Waals surface area contributed by atoms with Crippen LogP contribution in [-0.2, 0) is 0 Å². The minimum Gasteiger partial charge on any atom is -0.481 e. The van der Waals surface area contributed by atoms with Crippen molar-refractivity contribution < 1.29 is 9.53 Å². The number of hydrogen-bond acceptors (Lipinski definition) is 5. The van der Waals surface area contributed by atoms with Crippen LogP contribution in [0.25, 0.3) is 0 Å². The van der Waals surface area contributed by atoms with Crippen LogP contribution < -0.4 is 15.4 Å². The molecule has 0 saturated heterocycles. The highest BCUT2D eigenvalue weighted by Crippen LogP contribution is 2.13. The molecule has 1 aromatic heterocycles. The van der Waals surface area contributed by atoms with Gasteiger partial charge in [-0.15, -0.1) is 0 Å². The summed E-state index contributed by atoms with van der Waals surface area (Å²) in [7, 11) is 1.52. The smallest absolute Gasteiger partial charge is 0.258 e. The van der Waals surface area contributed by atoms with Gasteiger partial charge < -0.3 is 10.1 Å². The average molecular weight is 286 g/mol. The third-order valence-electron chi connectivity index (χ3n) is 2.79. The van der Waals surface area contributed by atoms with Crippen LogP contribution in [0.4, 0.5) is 11.6 Å². The average Bonchev–Trinajstić information content (AvgIpc) is 2.47. The molecule has 1 heterocycles. The number of amides is 1. The molecule has 2 aromatic rings. The van der Waals surface area contributed by atoms with Crippen LogP contribution in [-0.4, -0.2) is 29.5 Å². The fourth-order valence-corrected chi connectivity index (χ4v) is 1.82. The highest BCUT2D eigenvalue weighted by atomic mass is 16.5. The molecular formula is C15H18N4O2. The van der Waals surface area contributed by atoms with Gasteiger partial charge in [0.05, 0.1) is 7.11 Å². The van der Waals surface area contributed by atoms with Gasteiger partial charge in [-0.25, -0.2) is 4.98 Å². The lowest BCUT2D eigenvalue weighted by Gasteiger charge is -2.07. The van der Waals surface area contributed by atoms with Gasteiger partial charge in [-0.3, -0.25) is 10.1 Å². The van der Waals surface area contributed by atoms with Gasteiger partial charge in [0, 0.05) is 29.6 Å². The first kappa shape index (κ1) is 14.8. The summed E-state index contributed by atoms with van der Waals surface area (Å²) in [6.07, 6.45) is 0. The molecule has 1 amide bonds. The van der Waals surface area contributed by atoms with E-state index in [-0.39, 0.29) is 11.9 Å². The number of hydrogen-bond donors (Lipinski definition) is 2. The zero-order valence-electron chi connectivity index (χ0n) is 12.3. The molecule has 21 heavy (non-hydrogen) atoms. The van der Waals surface area contributed by atoms with E-state index in [0.29, 0.717) is 11.4 Å². The van der Waals surface area contributed by atoms with Crippen molar-refractivity contribution in [1.29, 1.82) is 0 Å². The number of aromatic nitrogens is 2. The number of ether oxygens (including phenoxy) is 1. The third-order valence-corrected chi connectivity index (χ3v) is 2.79. The lowest BCUT2D eigenvalue weighted by molar-refractivity contribution is 0.102. The largest absolute Gasteiger partial charge is 0.481 e. The molecule has 2 rings (SSSR count).